The molecule has 0 spiro atoms. The van der Waals surface area contributed by atoms with E-state index in [9.17, 15) is 13.2 Å². The average molecular weight is 240 g/mol. The first-order valence-corrected chi connectivity index (χ1v) is 6.04. The van der Waals surface area contributed by atoms with Crippen molar-refractivity contribution in [2.45, 2.75) is 17.6 Å². The number of carbonyl (C=O) groups is 1. The van der Waals surface area contributed by atoms with Crippen molar-refractivity contribution < 1.29 is 13.2 Å². The summed E-state index contributed by atoms with van der Waals surface area (Å²) in [5, 5.41) is 0. The summed E-state index contributed by atoms with van der Waals surface area (Å²) < 4.78 is 24.6. The van der Waals surface area contributed by atoms with Gasteiger partial charge in [0.05, 0.1) is 5.56 Å². The molecule has 0 aromatic carbocycles. The molecule has 2 rings (SSSR count). The van der Waals surface area contributed by atoms with Crippen molar-refractivity contribution in [1.29, 1.82) is 0 Å². The van der Waals surface area contributed by atoms with Gasteiger partial charge < -0.3 is 0 Å². The van der Waals surface area contributed by atoms with Gasteiger partial charge in [0.2, 0.25) is 0 Å². The van der Waals surface area contributed by atoms with Crippen LogP contribution < -0.4 is 4.72 Å². The van der Waals surface area contributed by atoms with Gasteiger partial charge in [-0.15, -0.1) is 11.3 Å². The normalized spacial score (nSPS) is 17.1. The van der Waals surface area contributed by atoms with Crippen molar-refractivity contribution in [1.82, 2.24) is 4.72 Å². The molecule has 1 amide bonds. The van der Waals surface area contributed by atoms with E-state index in [2.05, 4.69) is 0 Å². The Kier molecular flexibility index (Phi) is 3.43. The molecule has 14 heavy (non-hydrogen) atoms. The number of amides is 1. The van der Waals surface area contributed by atoms with Gasteiger partial charge in [0, 0.05) is 34.4 Å². The fourth-order valence-corrected chi connectivity index (χ4v) is 3.77. The molecular weight excluding hydrogens is 233 g/mol. The first-order valence-electron chi connectivity index (χ1n) is 3.74. The Morgan fingerprint density at radius 3 is 2.64 bits per heavy atom. The van der Waals surface area contributed by atoms with Gasteiger partial charge in [-0.05, 0) is 12.5 Å². The maximum absolute atomic E-state index is 11.3. The van der Waals surface area contributed by atoms with E-state index in [0.29, 0.717) is 5.56 Å². The molecule has 1 aliphatic rings. The predicted octanol–water partition coefficient (Wildman–Crippen LogP) is 0.362. The van der Waals surface area contributed by atoms with E-state index in [1.807, 2.05) is 11.6 Å². The van der Waals surface area contributed by atoms with E-state index in [0.717, 1.165) is 22.6 Å². The summed E-state index contributed by atoms with van der Waals surface area (Å²) in [4.78, 5) is 12.0. The Morgan fingerprint density at radius 2 is 2.14 bits per heavy atom. The van der Waals surface area contributed by atoms with Gasteiger partial charge in [-0.3, -0.25) is 4.79 Å². The SMILES string of the molecule is CCc1cc2c(s1)S(=O)(=O)NC2=O.[Na]. The summed E-state index contributed by atoms with van der Waals surface area (Å²) in [6.45, 7) is 1.92. The molecule has 1 radical (unpaired) electrons. The van der Waals surface area contributed by atoms with Crippen LogP contribution in [-0.2, 0) is 16.4 Å². The minimum Gasteiger partial charge on any atom is -0.268 e. The quantitative estimate of drug-likeness (QED) is 0.721. The topological polar surface area (TPSA) is 63.2 Å². The van der Waals surface area contributed by atoms with Crippen molar-refractivity contribution in [3.05, 3.63) is 16.5 Å². The van der Waals surface area contributed by atoms with Gasteiger partial charge in [-0.2, -0.15) is 0 Å². The summed E-state index contributed by atoms with van der Waals surface area (Å²) in [5.74, 6) is -0.508. The third-order valence-corrected chi connectivity index (χ3v) is 4.96. The third-order valence-electron chi connectivity index (χ3n) is 1.81. The molecule has 2 heterocycles. The number of aryl methyl sites for hydroxylation is 1. The second-order valence-electron chi connectivity index (χ2n) is 2.70. The maximum atomic E-state index is 11.3. The molecule has 0 bridgehead atoms. The number of thiophene rings is 1. The van der Waals surface area contributed by atoms with Crippen molar-refractivity contribution >= 4 is 56.8 Å². The largest absolute Gasteiger partial charge is 0.274 e. The van der Waals surface area contributed by atoms with Crippen LogP contribution in [0.2, 0.25) is 0 Å². The van der Waals surface area contributed by atoms with E-state index in [4.69, 9.17) is 0 Å². The second kappa shape index (κ2) is 3.94. The van der Waals surface area contributed by atoms with Crippen LogP contribution in [0.25, 0.3) is 0 Å². The fraction of sp³-hybridized carbons (Fsp3) is 0.286. The zero-order valence-corrected chi connectivity index (χ0v) is 11.5. The molecule has 71 valence electrons. The van der Waals surface area contributed by atoms with E-state index >= 15 is 0 Å². The van der Waals surface area contributed by atoms with Crippen LogP contribution in [-0.4, -0.2) is 43.9 Å². The molecule has 1 aromatic heterocycles. The first-order chi connectivity index (χ1) is 6.04. The molecule has 0 atom stereocenters. The smallest absolute Gasteiger partial charge is 0.268 e. The third kappa shape index (κ3) is 1.77. The van der Waals surface area contributed by atoms with Crippen molar-refractivity contribution in [3.63, 3.8) is 0 Å². The van der Waals surface area contributed by atoms with E-state index in [1.165, 1.54) is 0 Å². The molecular formula is C7H7NNaO3S2. The Bertz CT molecular complexity index is 477. The zero-order chi connectivity index (χ0) is 9.64. The van der Waals surface area contributed by atoms with Crippen LogP contribution in [0.3, 0.4) is 0 Å². The van der Waals surface area contributed by atoms with Crippen molar-refractivity contribution in [3.8, 4) is 0 Å². The van der Waals surface area contributed by atoms with E-state index in [1.54, 1.807) is 6.07 Å². The molecule has 0 saturated heterocycles. The van der Waals surface area contributed by atoms with Crippen LogP contribution in [0.5, 0.6) is 0 Å². The predicted molar refractivity (Wildman–Crippen MR) is 54.1 cm³/mol. The minimum absolute atomic E-state index is 0. The van der Waals surface area contributed by atoms with Crippen LogP contribution in [0, 0.1) is 0 Å². The van der Waals surface area contributed by atoms with Crippen molar-refractivity contribution in [2.24, 2.45) is 0 Å². The molecule has 1 aromatic rings. The molecule has 1 N–H and O–H groups in total. The summed E-state index contributed by atoms with van der Waals surface area (Å²) in [6.07, 6.45) is 0.750. The Balaban J connectivity index is 0.000000980. The molecule has 0 saturated carbocycles. The molecule has 0 unspecified atom stereocenters. The van der Waals surface area contributed by atoms with Crippen molar-refractivity contribution in [2.75, 3.05) is 0 Å². The average Bonchev–Trinajstić information content (AvgIpc) is 2.53. The molecule has 0 fully saturated rings. The minimum atomic E-state index is -3.53. The van der Waals surface area contributed by atoms with Crippen LogP contribution in [0.1, 0.15) is 22.2 Å². The number of fused-ring (bicyclic) bond motifs is 1. The summed E-state index contributed by atoms with van der Waals surface area (Å²) in [6, 6.07) is 1.64. The number of sulfonamides is 1. The molecule has 0 aliphatic carbocycles. The second-order valence-corrected chi connectivity index (χ2v) is 5.72. The first kappa shape index (κ1) is 12.2. The summed E-state index contributed by atoms with van der Waals surface area (Å²) in [5.41, 5.74) is 0.293. The van der Waals surface area contributed by atoms with Gasteiger partial charge in [0.25, 0.3) is 15.9 Å². The number of nitrogens with one attached hydrogen (secondary N) is 1. The Morgan fingerprint density at radius 1 is 1.50 bits per heavy atom. The van der Waals surface area contributed by atoms with Crippen LogP contribution in [0.4, 0.5) is 0 Å². The Hall–Kier alpha value is 0.120. The van der Waals surface area contributed by atoms with E-state index in [-0.39, 0.29) is 33.8 Å². The fourth-order valence-electron chi connectivity index (χ4n) is 1.18. The molecule has 4 nitrogen and oxygen atoms in total. The number of carbonyl (C=O) groups excluding carboxylic acids is 1. The Labute approximate surface area is 108 Å². The van der Waals surface area contributed by atoms with Gasteiger partial charge in [-0.25, -0.2) is 13.1 Å². The number of rotatable bonds is 1. The van der Waals surface area contributed by atoms with Gasteiger partial charge >= 0.3 is 0 Å². The van der Waals surface area contributed by atoms with E-state index < -0.39 is 15.9 Å². The summed E-state index contributed by atoms with van der Waals surface area (Å²) >= 11 is 1.16. The maximum Gasteiger partial charge on any atom is 0.274 e. The summed E-state index contributed by atoms with van der Waals surface area (Å²) in [7, 11) is -3.53. The van der Waals surface area contributed by atoms with Crippen LogP contribution >= 0.6 is 11.3 Å². The standard InChI is InChI=1S/C7H7NO3S2.Na/c1-2-4-3-5-6(9)8-13(10,11)7(5)12-4;/h3H,2H2,1H3,(H,8,9);. The molecule has 1 aliphatic heterocycles. The number of hydrogen-bond acceptors (Lipinski definition) is 4. The number of hydrogen-bond donors (Lipinski definition) is 1. The molecule has 7 heteroatoms. The monoisotopic (exact) mass is 240 g/mol. The van der Waals surface area contributed by atoms with Gasteiger partial charge in [0.1, 0.15) is 0 Å². The van der Waals surface area contributed by atoms with Gasteiger partial charge in [0.15, 0.2) is 4.21 Å². The van der Waals surface area contributed by atoms with Gasteiger partial charge in [-0.1, -0.05) is 6.92 Å². The van der Waals surface area contributed by atoms with Crippen LogP contribution in [0.15, 0.2) is 10.3 Å². The zero-order valence-electron chi connectivity index (χ0n) is 7.83.